The van der Waals surface area contributed by atoms with Gasteiger partial charge in [-0.3, -0.25) is 10.1 Å². The molecule has 4 aliphatic rings. The van der Waals surface area contributed by atoms with Crippen molar-refractivity contribution in [2.24, 2.45) is 0 Å². The summed E-state index contributed by atoms with van der Waals surface area (Å²) in [6, 6.07) is 8.13. The lowest BCUT2D eigenvalue weighted by atomic mass is 10.0. The zero-order valence-electron chi connectivity index (χ0n) is 16.7. The third-order valence-electron chi connectivity index (χ3n) is 5.60. The second-order valence-electron chi connectivity index (χ2n) is 8.61. The molecule has 0 unspecified atom stereocenters. The average Bonchev–Trinajstić information content (AvgIpc) is 3.32. The monoisotopic (exact) mass is 404 g/mol. The van der Waals surface area contributed by atoms with Crippen LogP contribution in [-0.4, -0.2) is 60.3 Å². The first-order valence-corrected chi connectivity index (χ1v) is 9.69. The second kappa shape index (κ2) is 5.99. The average molecular weight is 404 g/mol. The molecule has 5 rings (SSSR count). The first kappa shape index (κ1) is 19.0. The fourth-order valence-corrected chi connectivity index (χ4v) is 4.47. The Balaban J connectivity index is 1.51. The van der Waals surface area contributed by atoms with Crippen molar-refractivity contribution in [1.29, 1.82) is 0 Å². The molecule has 4 heterocycles. The van der Waals surface area contributed by atoms with E-state index in [1.807, 2.05) is 19.9 Å². The zero-order chi connectivity index (χ0) is 20.6. The number of nitrogens with one attached hydrogen (secondary N) is 1. The van der Waals surface area contributed by atoms with Crippen molar-refractivity contribution in [3.63, 3.8) is 0 Å². The van der Waals surface area contributed by atoms with Crippen LogP contribution in [0.15, 0.2) is 30.3 Å². The number of imide groups is 1. The Kier molecular flexibility index (Phi) is 3.92. The largest absolute Gasteiger partial charge is 0.348 e. The van der Waals surface area contributed by atoms with Gasteiger partial charge in [0.05, 0.1) is 12.3 Å². The maximum absolute atomic E-state index is 13.5. The van der Waals surface area contributed by atoms with E-state index in [0.717, 1.165) is 4.90 Å². The quantitative estimate of drug-likeness (QED) is 0.747. The highest BCUT2D eigenvalue weighted by Gasteiger charge is 2.72. The Morgan fingerprint density at radius 1 is 0.931 bits per heavy atom. The third-order valence-corrected chi connectivity index (χ3v) is 5.60. The van der Waals surface area contributed by atoms with E-state index >= 15 is 0 Å². The second-order valence-corrected chi connectivity index (χ2v) is 8.61. The summed E-state index contributed by atoms with van der Waals surface area (Å²) in [5.41, 5.74) is -1.23. The maximum Gasteiger partial charge on any atom is 0.331 e. The number of para-hydroxylation sites is 1. The number of rotatable bonds is 2. The van der Waals surface area contributed by atoms with Gasteiger partial charge in [-0.2, -0.15) is 0 Å². The summed E-state index contributed by atoms with van der Waals surface area (Å²) in [6.07, 6.45) is -2.54. The van der Waals surface area contributed by atoms with Crippen LogP contribution in [0.5, 0.6) is 0 Å². The molecule has 1 aromatic rings. The molecule has 156 valence electrons. The van der Waals surface area contributed by atoms with Gasteiger partial charge in [-0.1, -0.05) is 18.2 Å². The molecular weight excluding hydrogens is 380 g/mol. The number of nitrogens with zero attached hydrogens (tertiary/aromatic N) is 1. The van der Waals surface area contributed by atoms with Crippen LogP contribution in [-0.2, 0) is 28.5 Å². The van der Waals surface area contributed by atoms with Crippen LogP contribution in [0.2, 0.25) is 0 Å². The van der Waals surface area contributed by atoms with Crippen LogP contribution in [0, 0.1) is 0 Å². The number of benzene rings is 1. The summed E-state index contributed by atoms with van der Waals surface area (Å²) < 4.78 is 30.0. The molecule has 0 saturated carbocycles. The Bertz CT molecular complexity index is 858. The highest BCUT2D eigenvalue weighted by molar-refractivity contribution is 6.23. The minimum Gasteiger partial charge on any atom is -0.348 e. The molecule has 3 amide bonds. The van der Waals surface area contributed by atoms with Crippen LogP contribution in [0.1, 0.15) is 27.7 Å². The number of hydrogen-bond acceptors (Lipinski definition) is 7. The van der Waals surface area contributed by atoms with E-state index in [0.29, 0.717) is 5.69 Å². The molecule has 1 spiro atoms. The number of urea groups is 1. The molecule has 4 fully saturated rings. The van der Waals surface area contributed by atoms with Gasteiger partial charge in [-0.25, -0.2) is 9.69 Å². The Hall–Kier alpha value is -2.04. The molecule has 0 aromatic heterocycles. The summed E-state index contributed by atoms with van der Waals surface area (Å²) in [5, 5.41) is 2.72. The van der Waals surface area contributed by atoms with Gasteiger partial charge in [0.15, 0.2) is 11.6 Å². The first-order valence-electron chi connectivity index (χ1n) is 9.69. The minimum atomic E-state index is -1.69. The van der Waals surface area contributed by atoms with Gasteiger partial charge in [0.2, 0.25) is 0 Å². The van der Waals surface area contributed by atoms with Gasteiger partial charge in [-0.05, 0) is 39.8 Å². The standard InChI is InChI=1S/C20H24N2O7/c1-18(2)25-10-12(26-18)13-14-15(29-19(3,4)27-14)20(28-13)16(23)22(17(24)21-20)11-8-6-5-7-9-11/h5-9,12-15H,10H2,1-4H3,(H,21,24)/t12-,13-,14+,15+,20+/m1/s1. The maximum atomic E-state index is 13.5. The Morgan fingerprint density at radius 2 is 1.66 bits per heavy atom. The minimum absolute atomic E-state index is 0.283. The van der Waals surface area contributed by atoms with Gasteiger partial charge in [0, 0.05) is 0 Å². The lowest BCUT2D eigenvalue weighted by molar-refractivity contribution is -0.225. The molecule has 5 atom stereocenters. The molecule has 29 heavy (non-hydrogen) atoms. The summed E-state index contributed by atoms with van der Waals surface area (Å²) in [4.78, 5) is 27.4. The normalized spacial score (nSPS) is 39.9. The lowest BCUT2D eigenvalue weighted by Crippen LogP contribution is -2.56. The van der Waals surface area contributed by atoms with Crippen molar-refractivity contribution < 1.29 is 33.3 Å². The number of fused-ring (bicyclic) bond motifs is 2. The Labute approximate surface area is 168 Å². The molecule has 4 aliphatic heterocycles. The van der Waals surface area contributed by atoms with Gasteiger partial charge in [0.1, 0.15) is 24.4 Å². The summed E-state index contributed by atoms with van der Waals surface area (Å²) >= 11 is 0. The van der Waals surface area contributed by atoms with E-state index in [-0.39, 0.29) is 6.61 Å². The summed E-state index contributed by atoms with van der Waals surface area (Å²) in [7, 11) is 0. The molecule has 0 radical (unpaired) electrons. The Morgan fingerprint density at radius 3 is 2.31 bits per heavy atom. The number of carbonyl (C=O) groups is 2. The molecule has 1 aromatic carbocycles. The number of carbonyl (C=O) groups excluding carboxylic acids is 2. The SMILES string of the molecule is CC1(C)OC[C@H]([C@H]2O[C@@]3(NC(=O)N(c4ccccc4)C3=O)[C@H]3OC(C)(C)O[C@@H]23)O1. The lowest BCUT2D eigenvalue weighted by Gasteiger charge is -2.30. The molecule has 0 bridgehead atoms. The van der Waals surface area contributed by atoms with Crippen LogP contribution in [0.25, 0.3) is 0 Å². The van der Waals surface area contributed by atoms with Crippen LogP contribution in [0.4, 0.5) is 10.5 Å². The van der Waals surface area contributed by atoms with Crippen LogP contribution >= 0.6 is 0 Å². The highest BCUT2D eigenvalue weighted by atomic mass is 16.8. The number of hydrogen-bond donors (Lipinski definition) is 1. The number of ether oxygens (including phenoxy) is 5. The summed E-state index contributed by atoms with van der Waals surface area (Å²) in [6.45, 7) is 7.44. The smallest absolute Gasteiger partial charge is 0.331 e. The predicted molar refractivity (Wildman–Crippen MR) is 98.8 cm³/mol. The van der Waals surface area contributed by atoms with Crippen molar-refractivity contribution >= 4 is 17.6 Å². The fraction of sp³-hybridized carbons (Fsp3) is 0.600. The zero-order valence-corrected chi connectivity index (χ0v) is 16.7. The van der Waals surface area contributed by atoms with Gasteiger partial charge in [0.25, 0.3) is 11.6 Å². The third kappa shape index (κ3) is 2.80. The molecule has 1 N–H and O–H groups in total. The van der Waals surface area contributed by atoms with Crippen molar-refractivity contribution in [2.45, 2.75) is 69.4 Å². The highest BCUT2D eigenvalue weighted by Crippen LogP contribution is 2.48. The van der Waals surface area contributed by atoms with E-state index in [1.165, 1.54) is 0 Å². The van der Waals surface area contributed by atoms with E-state index < -0.39 is 53.7 Å². The first-order chi connectivity index (χ1) is 13.6. The van der Waals surface area contributed by atoms with Crippen LogP contribution < -0.4 is 10.2 Å². The molecule has 0 aliphatic carbocycles. The van der Waals surface area contributed by atoms with Crippen molar-refractivity contribution in [1.82, 2.24) is 5.32 Å². The molecular formula is C20H24N2O7. The summed E-state index contributed by atoms with van der Waals surface area (Å²) in [5.74, 6) is -2.25. The predicted octanol–water partition coefficient (Wildman–Crippen LogP) is 1.51. The van der Waals surface area contributed by atoms with E-state index in [9.17, 15) is 9.59 Å². The molecule has 9 heteroatoms. The van der Waals surface area contributed by atoms with Gasteiger partial charge >= 0.3 is 6.03 Å². The van der Waals surface area contributed by atoms with Crippen molar-refractivity contribution in [3.05, 3.63) is 30.3 Å². The van der Waals surface area contributed by atoms with E-state index in [4.69, 9.17) is 23.7 Å². The number of amides is 3. The topological polar surface area (TPSA) is 95.6 Å². The van der Waals surface area contributed by atoms with Crippen molar-refractivity contribution in [3.8, 4) is 0 Å². The van der Waals surface area contributed by atoms with Crippen LogP contribution in [0.3, 0.4) is 0 Å². The van der Waals surface area contributed by atoms with E-state index in [1.54, 1.807) is 38.1 Å². The number of anilines is 1. The fourth-order valence-electron chi connectivity index (χ4n) is 4.47. The molecule has 9 nitrogen and oxygen atoms in total. The van der Waals surface area contributed by atoms with Crippen molar-refractivity contribution in [2.75, 3.05) is 11.5 Å². The van der Waals surface area contributed by atoms with Gasteiger partial charge in [-0.15, -0.1) is 0 Å². The molecule has 4 saturated heterocycles. The van der Waals surface area contributed by atoms with E-state index in [2.05, 4.69) is 5.32 Å². The van der Waals surface area contributed by atoms with Gasteiger partial charge < -0.3 is 23.7 Å².